The summed E-state index contributed by atoms with van der Waals surface area (Å²) in [7, 11) is 1.77. The van der Waals surface area contributed by atoms with Crippen molar-refractivity contribution in [3.05, 3.63) is 70.1 Å². The Labute approximate surface area is 190 Å². The number of hydrogen-bond donors (Lipinski definition) is 1. The molecule has 5 rings (SSSR count). The van der Waals surface area contributed by atoms with E-state index in [1.54, 1.807) is 29.6 Å². The number of nitrogens with zero attached hydrogens (tertiary/aromatic N) is 3. The molecule has 0 saturated carbocycles. The van der Waals surface area contributed by atoms with Crippen molar-refractivity contribution in [1.82, 2.24) is 14.3 Å². The average molecular weight is 448 g/mol. The quantitative estimate of drug-likeness (QED) is 0.647. The van der Waals surface area contributed by atoms with Gasteiger partial charge in [-0.25, -0.2) is 4.68 Å². The molecule has 2 aliphatic heterocycles. The summed E-state index contributed by atoms with van der Waals surface area (Å²) in [6.07, 6.45) is 0.679. The topological polar surface area (TPSA) is 94.8 Å². The number of hydrogen-bond acceptors (Lipinski definition) is 5. The number of ether oxygens (including phenoxy) is 2. The molecular formula is C24H24N4O5. The molecule has 0 spiro atoms. The number of likely N-dealkylation sites (tertiary alicyclic amines) is 1. The molecule has 0 bridgehead atoms. The lowest BCUT2D eigenvalue weighted by Crippen LogP contribution is -2.41. The summed E-state index contributed by atoms with van der Waals surface area (Å²) in [5, 5.41) is 2.80. The fourth-order valence-electron chi connectivity index (χ4n) is 4.36. The van der Waals surface area contributed by atoms with E-state index in [-0.39, 0.29) is 42.8 Å². The first-order valence-electron chi connectivity index (χ1n) is 10.8. The number of nitrogens with one attached hydrogen (secondary N) is 1. The van der Waals surface area contributed by atoms with Crippen LogP contribution in [0.1, 0.15) is 24.1 Å². The number of para-hydroxylation sites is 1. The third-order valence-corrected chi connectivity index (χ3v) is 6.22. The molecule has 33 heavy (non-hydrogen) atoms. The Bertz CT molecular complexity index is 1290. The van der Waals surface area contributed by atoms with Crippen molar-refractivity contribution in [2.75, 3.05) is 12.1 Å². The predicted octanol–water partition coefficient (Wildman–Crippen LogP) is 2.34. The van der Waals surface area contributed by atoms with Gasteiger partial charge in [-0.15, -0.1) is 0 Å². The molecule has 1 aromatic heterocycles. The third kappa shape index (κ3) is 3.65. The van der Waals surface area contributed by atoms with E-state index in [0.29, 0.717) is 29.3 Å². The summed E-state index contributed by atoms with van der Waals surface area (Å²) in [6.45, 7) is 2.22. The molecule has 2 amide bonds. The van der Waals surface area contributed by atoms with Crippen molar-refractivity contribution < 1.29 is 19.1 Å². The van der Waals surface area contributed by atoms with Crippen LogP contribution in [0.5, 0.6) is 11.5 Å². The van der Waals surface area contributed by atoms with Crippen LogP contribution < -0.4 is 20.3 Å². The van der Waals surface area contributed by atoms with Gasteiger partial charge in [-0.3, -0.25) is 19.1 Å². The van der Waals surface area contributed by atoms with Gasteiger partial charge in [-0.05, 0) is 43.2 Å². The number of aromatic nitrogens is 2. The molecule has 1 atom stereocenters. The van der Waals surface area contributed by atoms with Gasteiger partial charge < -0.3 is 19.7 Å². The van der Waals surface area contributed by atoms with Crippen LogP contribution in [0.2, 0.25) is 0 Å². The number of carbonyl (C=O) groups excluding carboxylic acids is 2. The van der Waals surface area contributed by atoms with Crippen LogP contribution in [0.3, 0.4) is 0 Å². The van der Waals surface area contributed by atoms with Crippen LogP contribution in [0, 0.1) is 6.92 Å². The van der Waals surface area contributed by atoms with Crippen molar-refractivity contribution in [2.45, 2.75) is 32.4 Å². The van der Waals surface area contributed by atoms with Gasteiger partial charge in [0.1, 0.15) is 11.7 Å². The van der Waals surface area contributed by atoms with Crippen LogP contribution >= 0.6 is 0 Å². The van der Waals surface area contributed by atoms with E-state index in [1.807, 2.05) is 42.5 Å². The lowest BCUT2D eigenvalue weighted by molar-refractivity contribution is -0.133. The molecule has 2 aliphatic rings. The molecule has 2 aromatic carbocycles. The zero-order chi connectivity index (χ0) is 23.1. The van der Waals surface area contributed by atoms with Crippen LogP contribution in [-0.2, 0) is 23.2 Å². The highest BCUT2D eigenvalue weighted by atomic mass is 16.7. The molecule has 3 heterocycles. The van der Waals surface area contributed by atoms with Crippen molar-refractivity contribution in [1.29, 1.82) is 0 Å². The maximum Gasteiger partial charge on any atom is 0.295 e. The summed E-state index contributed by atoms with van der Waals surface area (Å²) in [5.41, 5.74) is 2.07. The van der Waals surface area contributed by atoms with E-state index >= 15 is 0 Å². The van der Waals surface area contributed by atoms with Gasteiger partial charge in [-0.1, -0.05) is 24.3 Å². The molecule has 0 radical (unpaired) electrons. The normalized spacial score (nSPS) is 17.0. The van der Waals surface area contributed by atoms with Crippen molar-refractivity contribution in [3.8, 4) is 17.2 Å². The molecule has 9 nitrogen and oxygen atoms in total. The smallest absolute Gasteiger partial charge is 0.295 e. The molecule has 1 N–H and O–H groups in total. The number of anilines is 1. The van der Waals surface area contributed by atoms with E-state index in [1.165, 1.54) is 4.68 Å². The van der Waals surface area contributed by atoms with Gasteiger partial charge in [-0.2, -0.15) is 0 Å². The Kier molecular flexibility index (Phi) is 5.16. The van der Waals surface area contributed by atoms with E-state index < -0.39 is 6.04 Å². The summed E-state index contributed by atoms with van der Waals surface area (Å²) in [4.78, 5) is 40.5. The summed E-state index contributed by atoms with van der Waals surface area (Å²) in [5.74, 6) is 0.823. The van der Waals surface area contributed by atoms with Crippen LogP contribution in [0.25, 0.3) is 5.69 Å². The van der Waals surface area contributed by atoms with Crippen LogP contribution in [0.4, 0.5) is 5.69 Å². The number of fused-ring (bicyclic) bond motifs is 1. The van der Waals surface area contributed by atoms with Gasteiger partial charge in [0.25, 0.3) is 5.56 Å². The van der Waals surface area contributed by atoms with Crippen LogP contribution in [-0.4, -0.2) is 38.9 Å². The Morgan fingerprint density at radius 1 is 1.09 bits per heavy atom. The Morgan fingerprint density at radius 3 is 2.64 bits per heavy atom. The van der Waals surface area contributed by atoms with E-state index in [4.69, 9.17) is 9.47 Å². The van der Waals surface area contributed by atoms with Gasteiger partial charge in [0, 0.05) is 20.0 Å². The first-order chi connectivity index (χ1) is 15.9. The molecule has 3 aromatic rings. The van der Waals surface area contributed by atoms with E-state index in [0.717, 1.165) is 5.56 Å². The number of carbonyl (C=O) groups is 2. The van der Waals surface area contributed by atoms with Crippen LogP contribution in [0.15, 0.2) is 53.3 Å². The van der Waals surface area contributed by atoms with Gasteiger partial charge in [0.2, 0.25) is 18.6 Å². The zero-order valence-electron chi connectivity index (χ0n) is 18.4. The molecule has 1 fully saturated rings. The number of amides is 2. The summed E-state index contributed by atoms with van der Waals surface area (Å²) < 4.78 is 14.0. The first-order valence-corrected chi connectivity index (χ1v) is 10.8. The molecule has 0 aliphatic carbocycles. The monoisotopic (exact) mass is 448 g/mol. The number of benzene rings is 2. The SMILES string of the molecule is Cc1c(NC(=O)C2CCC(=O)N2Cc2ccc3c(c2)OCO3)c(=O)n(-c2ccccc2)n1C. The Morgan fingerprint density at radius 2 is 1.85 bits per heavy atom. The molecule has 170 valence electrons. The molecular weight excluding hydrogens is 424 g/mol. The fourth-order valence-corrected chi connectivity index (χ4v) is 4.36. The highest BCUT2D eigenvalue weighted by Crippen LogP contribution is 2.33. The van der Waals surface area contributed by atoms with E-state index in [9.17, 15) is 14.4 Å². The van der Waals surface area contributed by atoms with Gasteiger partial charge in [0.15, 0.2) is 11.5 Å². The Balaban J connectivity index is 1.38. The van der Waals surface area contributed by atoms with E-state index in [2.05, 4.69) is 5.32 Å². The van der Waals surface area contributed by atoms with Gasteiger partial charge >= 0.3 is 0 Å². The van der Waals surface area contributed by atoms with Gasteiger partial charge in [0.05, 0.1) is 11.4 Å². The first kappa shape index (κ1) is 20.9. The second-order valence-electron chi connectivity index (χ2n) is 8.19. The second kappa shape index (κ2) is 8.16. The molecule has 1 unspecified atom stereocenters. The standard InChI is InChI=1S/C24H24N4O5/c1-15-22(24(31)28(26(15)2)17-6-4-3-5-7-17)25-23(30)18-9-11-21(29)27(18)13-16-8-10-19-20(12-16)33-14-32-19/h3-8,10,12,18H,9,11,13-14H2,1-2H3,(H,25,30). The molecule has 1 saturated heterocycles. The van der Waals surface area contributed by atoms with Crippen molar-refractivity contribution >= 4 is 17.5 Å². The summed E-state index contributed by atoms with van der Waals surface area (Å²) >= 11 is 0. The average Bonchev–Trinajstić information content (AvgIpc) is 3.48. The molecule has 9 heteroatoms. The maximum absolute atomic E-state index is 13.2. The number of rotatable bonds is 5. The minimum atomic E-state index is -0.660. The predicted molar refractivity (Wildman–Crippen MR) is 121 cm³/mol. The highest BCUT2D eigenvalue weighted by Gasteiger charge is 2.37. The third-order valence-electron chi connectivity index (χ3n) is 6.22. The largest absolute Gasteiger partial charge is 0.454 e. The lowest BCUT2D eigenvalue weighted by Gasteiger charge is -2.24. The minimum Gasteiger partial charge on any atom is -0.454 e. The fraction of sp³-hybridized carbons (Fsp3) is 0.292. The zero-order valence-corrected chi connectivity index (χ0v) is 18.4. The second-order valence-corrected chi connectivity index (χ2v) is 8.19. The van der Waals surface area contributed by atoms with Crippen molar-refractivity contribution in [3.63, 3.8) is 0 Å². The van der Waals surface area contributed by atoms with Crippen molar-refractivity contribution in [2.24, 2.45) is 7.05 Å². The highest BCUT2D eigenvalue weighted by molar-refractivity contribution is 5.99. The Hall–Kier alpha value is -4.01. The lowest BCUT2D eigenvalue weighted by atomic mass is 10.1. The minimum absolute atomic E-state index is 0.0979. The summed E-state index contributed by atoms with van der Waals surface area (Å²) in [6, 6.07) is 14.0. The maximum atomic E-state index is 13.2.